The highest BCUT2D eigenvalue weighted by Gasteiger charge is 2.10. The molecule has 0 radical (unpaired) electrons. The fraction of sp³-hybridized carbons (Fsp3) is 0.214. The third-order valence-corrected chi connectivity index (χ3v) is 4.77. The lowest BCUT2D eigenvalue weighted by atomic mass is 10.2. The summed E-state index contributed by atoms with van der Waals surface area (Å²) < 4.78 is 1.03. The van der Waals surface area contributed by atoms with Crippen LogP contribution in [0.4, 0.5) is 5.13 Å². The summed E-state index contributed by atoms with van der Waals surface area (Å²) in [5, 5.41) is 11.2. The number of hydrogen-bond acceptors (Lipinski definition) is 7. The molecule has 3 rings (SSSR count). The molecule has 0 saturated carbocycles. The normalized spacial score (nSPS) is 10.9. The van der Waals surface area contributed by atoms with Gasteiger partial charge in [0.25, 0.3) is 5.56 Å². The van der Waals surface area contributed by atoms with Crippen LogP contribution in [0.3, 0.4) is 0 Å². The zero-order valence-electron chi connectivity index (χ0n) is 12.4. The summed E-state index contributed by atoms with van der Waals surface area (Å²) in [4.78, 5) is 30.3. The third kappa shape index (κ3) is 3.74. The molecule has 118 valence electrons. The summed E-state index contributed by atoms with van der Waals surface area (Å²) in [5.74, 6) is -0.100. The second-order valence-electron chi connectivity index (χ2n) is 4.87. The van der Waals surface area contributed by atoms with E-state index in [0.717, 1.165) is 27.5 Å². The van der Waals surface area contributed by atoms with Gasteiger partial charge in [-0.1, -0.05) is 29.2 Å². The SMILES string of the molecule is Cc1ccc2nc(NC(=O)CSc3nnc(C)c(=O)[nH]3)sc2c1. The summed E-state index contributed by atoms with van der Waals surface area (Å²) in [5.41, 5.74) is 2.00. The molecular formula is C14H13N5O2S2. The summed E-state index contributed by atoms with van der Waals surface area (Å²) in [7, 11) is 0. The van der Waals surface area contributed by atoms with Crippen molar-refractivity contribution in [2.24, 2.45) is 0 Å². The zero-order valence-corrected chi connectivity index (χ0v) is 14.0. The van der Waals surface area contributed by atoms with Gasteiger partial charge in [0.05, 0.1) is 16.0 Å². The third-order valence-electron chi connectivity index (χ3n) is 2.97. The number of rotatable bonds is 4. The van der Waals surface area contributed by atoms with Gasteiger partial charge in [0.2, 0.25) is 5.91 Å². The van der Waals surface area contributed by atoms with Gasteiger partial charge in [-0.15, -0.1) is 10.2 Å². The van der Waals surface area contributed by atoms with Gasteiger partial charge in [-0.2, -0.15) is 0 Å². The van der Waals surface area contributed by atoms with E-state index < -0.39 is 0 Å². The minimum absolute atomic E-state index is 0.114. The molecular weight excluding hydrogens is 334 g/mol. The molecule has 0 saturated heterocycles. The van der Waals surface area contributed by atoms with Crippen molar-refractivity contribution >= 4 is 44.4 Å². The standard InChI is InChI=1S/C14H13N5O2S2/c1-7-3-4-9-10(5-7)23-13(15-9)16-11(20)6-22-14-17-12(21)8(2)18-19-14/h3-5H,6H2,1-2H3,(H,15,16,20)(H,17,19,21). The van der Waals surface area contributed by atoms with Crippen LogP contribution in [0.2, 0.25) is 0 Å². The maximum atomic E-state index is 12.0. The molecule has 0 fully saturated rings. The van der Waals surface area contributed by atoms with E-state index in [0.29, 0.717) is 16.0 Å². The molecule has 0 unspecified atom stereocenters. The number of benzene rings is 1. The van der Waals surface area contributed by atoms with Gasteiger partial charge in [-0.3, -0.25) is 14.6 Å². The first-order chi connectivity index (χ1) is 11.0. The number of aromatic amines is 1. The first-order valence-corrected chi connectivity index (χ1v) is 8.55. The molecule has 0 bridgehead atoms. The minimum Gasteiger partial charge on any atom is -0.301 e. The number of nitrogens with one attached hydrogen (secondary N) is 2. The van der Waals surface area contributed by atoms with E-state index in [9.17, 15) is 9.59 Å². The number of nitrogens with zero attached hydrogens (tertiary/aromatic N) is 3. The van der Waals surface area contributed by atoms with E-state index in [1.807, 2.05) is 25.1 Å². The molecule has 0 spiro atoms. The number of thioether (sulfide) groups is 1. The first kappa shape index (κ1) is 15.6. The summed E-state index contributed by atoms with van der Waals surface area (Å²) in [6, 6.07) is 5.94. The average Bonchev–Trinajstić information content (AvgIpc) is 2.89. The number of carbonyl (C=O) groups is 1. The van der Waals surface area contributed by atoms with Gasteiger partial charge < -0.3 is 5.32 Å². The molecule has 23 heavy (non-hydrogen) atoms. The lowest BCUT2D eigenvalue weighted by molar-refractivity contribution is -0.113. The number of anilines is 1. The second-order valence-corrected chi connectivity index (χ2v) is 6.87. The van der Waals surface area contributed by atoms with Crippen molar-refractivity contribution in [2.75, 3.05) is 11.1 Å². The largest absolute Gasteiger partial charge is 0.301 e. The Kier molecular flexibility index (Phi) is 4.39. The summed E-state index contributed by atoms with van der Waals surface area (Å²) in [6.45, 7) is 3.58. The van der Waals surface area contributed by atoms with Crippen LogP contribution in [0.1, 0.15) is 11.3 Å². The van der Waals surface area contributed by atoms with E-state index in [1.165, 1.54) is 11.3 Å². The Morgan fingerprint density at radius 3 is 2.96 bits per heavy atom. The van der Waals surface area contributed by atoms with Gasteiger partial charge in [0, 0.05) is 0 Å². The number of hydrogen-bond donors (Lipinski definition) is 2. The fourth-order valence-electron chi connectivity index (χ4n) is 1.82. The van der Waals surface area contributed by atoms with Crippen LogP contribution in [0.25, 0.3) is 10.2 Å². The maximum absolute atomic E-state index is 12.0. The monoisotopic (exact) mass is 347 g/mol. The van der Waals surface area contributed by atoms with Crippen LogP contribution in [-0.4, -0.2) is 31.8 Å². The Hall–Kier alpha value is -2.26. The number of aromatic nitrogens is 4. The predicted molar refractivity (Wildman–Crippen MR) is 91.1 cm³/mol. The molecule has 9 heteroatoms. The number of thiazole rings is 1. The molecule has 1 aromatic carbocycles. The van der Waals surface area contributed by atoms with Crippen LogP contribution >= 0.6 is 23.1 Å². The average molecular weight is 347 g/mol. The molecule has 2 aromatic heterocycles. The maximum Gasteiger partial charge on any atom is 0.273 e. The van der Waals surface area contributed by atoms with Crippen molar-refractivity contribution in [1.29, 1.82) is 0 Å². The molecule has 2 N–H and O–H groups in total. The molecule has 0 aliphatic rings. The number of carbonyl (C=O) groups excluding carboxylic acids is 1. The number of H-pyrrole nitrogens is 1. The minimum atomic E-state index is -0.301. The molecule has 7 nitrogen and oxygen atoms in total. The highest BCUT2D eigenvalue weighted by molar-refractivity contribution is 7.99. The molecule has 3 aromatic rings. The Labute approximate surface area is 139 Å². The van der Waals surface area contributed by atoms with Crippen molar-refractivity contribution in [1.82, 2.24) is 20.2 Å². The second kappa shape index (κ2) is 6.47. The molecule has 2 heterocycles. The number of aryl methyl sites for hydroxylation is 2. The van der Waals surface area contributed by atoms with Crippen molar-refractivity contribution in [2.45, 2.75) is 19.0 Å². The highest BCUT2D eigenvalue weighted by atomic mass is 32.2. The van der Waals surface area contributed by atoms with Crippen LogP contribution in [0.5, 0.6) is 0 Å². The van der Waals surface area contributed by atoms with Crippen LogP contribution in [0.15, 0.2) is 28.2 Å². The lowest BCUT2D eigenvalue weighted by Gasteiger charge is -2.01. The van der Waals surface area contributed by atoms with E-state index in [2.05, 4.69) is 25.5 Å². The topological polar surface area (TPSA) is 101 Å². The van der Waals surface area contributed by atoms with Crippen molar-refractivity contribution in [3.63, 3.8) is 0 Å². The van der Waals surface area contributed by atoms with Crippen LogP contribution in [0, 0.1) is 13.8 Å². The Balaban J connectivity index is 1.63. The van der Waals surface area contributed by atoms with Crippen molar-refractivity contribution < 1.29 is 4.79 Å². The molecule has 0 aliphatic carbocycles. The first-order valence-electron chi connectivity index (χ1n) is 6.75. The van der Waals surface area contributed by atoms with Crippen molar-refractivity contribution in [3.8, 4) is 0 Å². The predicted octanol–water partition coefficient (Wildman–Crippen LogP) is 2.12. The van der Waals surface area contributed by atoms with Crippen molar-refractivity contribution in [3.05, 3.63) is 39.8 Å². The van der Waals surface area contributed by atoms with E-state index in [1.54, 1.807) is 6.92 Å². The summed E-state index contributed by atoms with van der Waals surface area (Å²) in [6.07, 6.45) is 0. The molecule has 0 atom stereocenters. The van der Waals surface area contributed by atoms with E-state index in [-0.39, 0.29) is 17.2 Å². The molecule has 0 aliphatic heterocycles. The fourth-order valence-corrected chi connectivity index (χ4v) is 3.40. The van der Waals surface area contributed by atoms with E-state index in [4.69, 9.17) is 0 Å². The number of amides is 1. The van der Waals surface area contributed by atoms with Gasteiger partial charge in [0.1, 0.15) is 5.69 Å². The quantitative estimate of drug-likeness (QED) is 0.701. The molecule has 1 amide bonds. The Morgan fingerprint density at radius 2 is 2.17 bits per heavy atom. The van der Waals surface area contributed by atoms with Gasteiger partial charge >= 0.3 is 0 Å². The smallest absolute Gasteiger partial charge is 0.273 e. The van der Waals surface area contributed by atoms with Crippen LogP contribution in [-0.2, 0) is 4.79 Å². The summed E-state index contributed by atoms with van der Waals surface area (Å²) >= 11 is 2.54. The van der Waals surface area contributed by atoms with E-state index >= 15 is 0 Å². The van der Waals surface area contributed by atoms with Gasteiger partial charge in [-0.25, -0.2) is 4.98 Å². The lowest BCUT2D eigenvalue weighted by Crippen LogP contribution is -2.17. The van der Waals surface area contributed by atoms with Gasteiger partial charge in [-0.05, 0) is 31.5 Å². The highest BCUT2D eigenvalue weighted by Crippen LogP contribution is 2.26. The zero-order chi connectivity index (χ0) is 16.4. The van der Waals surface area contributed by atoms with Crippen LogP contribution < -0.4 is 10.9 Å². The van der Waals surface area contributed by atoms with Gasteiger partial charge in [0.15, 0.2) is 10.3 Å². The number of fused-ring (bicyclic) bond motifs is 1. The Bertz CT molecular complexity index is 934. The Morgan fingerprint density at radius 1 is 1.35 bits per heavy atom.